The minimum atomic E-state index is 0.623. The monoisotopic (exact) mass is 209 g/mol. The minimum absolute atomic E-state index is 0.623. The van der Waals surface area contributed by atoms with Gasteiger partial charge in [0.2, 0.25) is 5.89 Å². The van der Waals surface area contributed by atoms with Gasteiger partial charge < -0.3 is 9.84 Å². The number of nitrogens with zero attached hydrogens (tertiary/aromatic N) is 2. The lowest BCUT2D eigenvalue weighted by molar-refractivity contribution is 0.256. The number of hydrogen-bond donors (Lipinski definition) is 1. The first kappa shape index (κ1) is 10.6. The van der Waals surface area contributed by atoms with E-state index in [9.17, 15) is 0 Å². The molecule has 1 aromatic rings. The molecule has 0 aliphatic carbocycles. The lowest BCUT2D eigenvalue weighted by Gasteiger charge is -2.27. The topological polar surface area (TPSA) is 51.0 Å². The molecule has 4 nitrogen and oxygen atoms in total. The van der Waals surface area contributed by atoms with Gasteiger partial charge in [0.15, 0.2) is 5.82 Å². The van der Waals surface area contributed by atoms with E-state index in [-0.39, 0.29) is 0 Å². The van der Waals surface area contributed by atoms with Gasteiger partial charge in [-0.25, -0.2) is 0 Å². The highest BCUT2D eigenvalue weighted by Gasteiger charge is 2.21. The van der Waals surface area contributed by atoms with Crippen LogP contribution in [-0.2, 0) is 6.42 Å². The summed E-state index contributed by atoms with van der Waals surface area (Å²) in [6.45, 7) is 6.44. The maximum Gasteiger partial charge on any atom is 0.226 e. The molecule has 15 heavy (non-hydrogen) atoms. The van der Waals surface area contributed by atoms with Crippen molar-refractivity contribution in [2.45, 2.75) is 33.1 Å². The van der Waals surface area contributed by atoms with E-state index in [2.05, 4.69) is 22.4 Å². The van der Waals surface area contributed by atoms with Gasteiger partial charge in [0.25, 0.3) is 0 Å². The highest BCUT2D eigenvalue weighted by atomic mass is 16.5. The number of aryl methyl sites for hydroxylation is 1. The quantitative estimate of drug-likeness (QED) is 0.820. The largest absolute Gasteiger partial charge is 0.339 e. The molecule has 2 unspecified atom stereocenters. The molecule has 0 spiro atoms. The molecular weight excluding hydrogens is 190 g/mol. The smallest absolute Gasteiger partial charge is 0.226 e. The first-order valence-corrected chi connectivity index (χ1v) is 5.75. The van der Waals surface area contributed by atoms with Crippen molar-refractivity contribution in [2.75, 3.05) is 13.1 Å². The molecule has 1 aromatic heterocycles. The van der Waals surface area contributed by atoms with E-state index < -0.39 is 0 Å². The predicted octanol–water partition coefficient (Wildman–Crippen LogP) is 1.56. The van der Waals surface area contributed by atoms with Gasteiger partial charge in [-0.15, -0.1) is 0 Å². The van der Waals surface area contributed by atoms with Crippen LogP contribution in [0.2, 0.25) is 0 Å². The third kappa shape index (κ3) is 2.78. The van der Waals surface area contributed by atoms with Crippen LogP contribution in [0.3, 0.4) is 0 Å². The molecule has 84 valence electrons. The summed E-state index contributed by atoms with van der Waals surface area (Å²) in [4.78, 5) is 4.25. The van der Waals surface area contributed by atoms with Crippen molar-refractivity contribution < 1.29 is 4.52 Å². The third-order valence-electron chi connectivity index (χ3n) is 3.21. The van der Waals surface area contributed by atoms with Crippen LogP contribution in [0.5, 0.6) is 0 Å². The zero-order chi connectivity index (χ0) is 10.7. The molecule has 1 N–H and O–H groups in total. The molecular formula is C11H19N3O. The fourth-order valence-corrected chi connectivity index (χ4v) is 2.23. The van der Waals surface area contributed by atoms with Gasteiger partial charge in [0.05, 0.1) is 0 Å². The van der Waals surface area contributed by atoms with E-state index in [0.717, 1.165) is 30.6 Å². The van der Waals surface area contributed by atoms with Crippen molar-refractivity contribution >= 4 is 0 Å². The minimum Gasteiger partial charge on any atom is -0.339 e. The lowest BCUT2D eigenvalue weighted by atomic mass is 9.85. The van der Waals surface area contributed by atoms with Crippen LogP contribution in [0, 0.1) is 18.8 Å². The Morgan fingerprint density at radius 1 is 1.60 bits per heavy atom. The average Bonchev–Trinajstić information content (AvgIpc) is 2.65. The van der Waals surface area contributed by atoms with Crippen LogP contribution in [-0.4, -0.2) is 23.2 Å². The van der Waals surface area contributed by atoms with Crippen LogP contribution in [0.15, 0.2) is 4.52 Å². The molecule has 0 saturated carbocycles. The van der Waals surface area contributed by atoms with Gasteiger partial charge in [-0.3, -0.25) is 0 Å². The van der Waals surface area contributed by atoms with Gasteiger partial charge >= 0.3 is 0 Å². The number of piperidine rings is 1. The fraction of sp³-hybridized carbons (Fsp3) is 0.818. The van der Waals surface area contributed by atoms with Gasteiger partial charge in [0, 0.05) is 6.42 Å². The van der Waals surface area contributed by atoms with Crippen LogP contribution >= 0.6 is 0 Å². The molecule has 4 heteroatoms. The van der Waals surface area contributed by atoms with Crippen molar-refractivity contribution in [1.29, 1.82) is 0 Å². The molecule has 1 saturated heterocycles. The lowest BCUT2D eigenvalue weighted by Crippen LogP contribution is -2.33. The Kier molecular flexibility index (Phi) is 3.36. The van der Waals surface area contributed by atoms with Gasteiger partial charge in [-0.05, 0) is 44.7 Å². The molecule has 2 atom stereocenters. The zero-order valence-electron chi connectivity index (χ0n) is 9.49. The summed E-state index contributed by atoms with van der Waals surface area (Å²) >= 11 is 0. The normalized spacial score (nSPS) is 24.0. The van der Waals surface area contributed by atoms with Gasteiger partial charge in [-0.1, -0.05) is 12.1 Å². The Labute approximate surface area is 90.4 Å². The van der Waals surface area contributed by atoms with Crippen LogP contribution < -0.4 is 5.32 Å². The highest BCUT2D eigenvalue weighted by molar-refractivity contribution is 4.86. The molecule has 1 aliphatic heterocycles. The summed E-state index contributed by atoms with van der Waals surface area (Å²) in [6.07, 6.45) is 3.52. The first-order valence-electron chi connectivity index (χ1n) is 5.75. The summed E-state index contributed by atoms with van der Waals surface area (Å²) in [5.74, 6) is 2.90. The predicted molar refractivity (Wildman–Crippen MR) is 57.5 cm³/mol. The van der Waals surface area contributed by atoms with E-state index in [0.29, 0.717) is 5.92 Å². The average molecular weight is 209 g/mol. The standard InChI is InChI=1S/C11H19N3O/c1-8(10-4-3-5-12-7-10)6-11-13-9(2)14-15-11/h8,10,12H,3-7H2,1-2H3. The van der Waals surface area contributed by atoms with Crippen molar-refractivity contribution in [1.82, 2.24) is 15.5 Å². The van der Waals surface area contributed by atoms with Crippen LogP contribution in [0.1, 0.15) is 31.5 Å². The summed E-state index contributed by atoms with van der Waals surface area (Å²) in [5.41, 5.74) is 0. The number of hydrogen-bond acceptors (Lipinski definition) is 4. The Morgan fingerprint density at radius 3 is 3.07 bits per heavy atom. The number of aromatic nitrogens is 2. The molecule has 2 rings (SSSR count). The second kappa shape index (κ2) is 4.75. The summed E-state index contributed by atoms with van der Waals surface area (Å²) in [7, 11) is 0. The molecule has 0 radical (unpaired) electrons. The van der Waals surface area contributed by atoms with E-state index in [1.807, 2.05) is 6.92 Å². The SMILES string of the molecule is Cc1noc(CC(C)C2CCCNC2)n1. The summed E-state index contributed by atoms with van der Waals surface area (Å²) < 4.78 is 5.14. The van der Waals surface area contributed by atoms with Crippen molar-refractivity contribution in [2.24, 2.45) is 11.8 Å². The molecule has 0 bridgehead atoms. The van der Waals surface area contributed by atoms with E-state index in [4.69, 9.17) is 4.52 Å². The van der Waals surface area contributed by atoms with E-state index in [1.165, 1.54) is 19.4 Å². The first-order chi connectivity index (χ1) is 7.25. The summed E-state index contributed by atoms with van der Waals surface area (Å²) in [6, 6.07) is 0. The van der Waals surface area contributed by atoms with Crippen LogP contribution in [0.4, 0.5) is 0 Å². The Hall–Kier alpha value is -0.900. The highest BCUT2D eigenvalue weighted by Crippen LogP contribution is 2.22. The summed E-state index contributed by atoms with van der Waals surface area (Å²) in [5, 5.41) is 7.25. The van der Waals surface area contributed by atoms with Gasteiger partial charge in [-0.2, -0.15) is 4.98 Å². The second-order valence-electron chi connectivity index (χ2n) is 4.52. The molecule has 0 aromatic carbocycles. The zero-order valence-corrected chi connectivity index (χ0v) is 9.49. The van der Waals surface area contributed by atoms with Gasteiger partial charge in [0.1, 0.15) is 0 Å². The second-order valence-corrected chi connectivity index (χ2v) is 4.52. The maximum absolute atomic E-state index is 5.14. The number of rotatable bonds is 3. The van der Waals surface area contributed by atoms with Crippen molar-refractivity contribution in [3.63, 3.8) is 0 Å². The van der Waals surface area contributed by atoms with Crippen molar-refractivity contribution in [3.05, 3.63) is 11.7 Å². The number of nitrogens with one attached hydrogen (secondary N) is 1. The maximum atomic E-state index is 5.14. The molecule has 2 heterocycles. The van der Waals surface area contributed by atoms with Crippen LogP contribution in [0.25, 0.3) is 0 Å². The fourth-order valence-electron chi connectivity index (χ4n) is 2.23. The Morgan fingerprint density at radius 2 is 2.47 bits per heavy atom. The Bertz CT molecular complexity index is 305. The molecule has 0 amide bonds. The third-order valence-corrected chi connectivity index (χ3v) is 3.21. The van der Waals surface area contributed by atoms with Crippen molar-refractivity contribution in [3.8, 4) is 0 Å². The van der Waals surface area contributed by atoms with E-state index >= 15 is 0 Å². The molecule has 1 aliphatic rings. The molecule has 1 fully saturated rings. The Balaban J connectivity index is 1.88. The van der Waals surface area contributed by atoms with E-state index in [1.54, 1.807) is 0 Å².